The van der Waals surface area contributed by atoms with Crippen molar-refractivity contribution in [1.29, 1.82) is 0 Å². The summed E-state index contributed by atoms with van der Waals surface area (Å²) in [7, 11) is 0. The lowest BCUT2D eigenvalue weighted by atomic mass is 10.1. The van der Waals surface area contributed by atoms with Gasteiger partial charge in [0.2, 0.25) is 0 Å². The van der Waals surface area contributed by atoms with Gasteiger partial charge in [-0.3, -0.25) is 9.78 Å². The van der Waals surface area contributed by atoms with Crippen molar-refractivity contribution in [3.8, 4) is 0 Å². The Morgan fingerprint density at radius 2 is 2.29 bits per heavy atom. The molecule has 0 N–H and O–H groups in total. The Morgan fingerprint density at radius 1 is 1.47 bits per heavy atom. The summed E-state index contributed by atoms with van der Waals surface area (Å²) in [5, 5.41) is 2.92. The van der Waals surface area contributed by atoms with E-state index < -0.39 is 0 Å². The molecule has 17 heavy (non-hydrogen) atoms. The molecule has 0 aromatic carbocycles. The van der Waals surface area contributed by atoms with Gasteiger partial charge in [0.1, 0.15) is 5.69 Å². The van der Waals surface area contributed by atoms with E-state index >= 15 is 0 Å². The minimum atomic E-state index is 0.0488. The van der Waals surface area contributed by atoms with Crippen molar-refractivity contribution in [1.82, 2.24) is 9.97 Å². The number of hydrogen-bond donors (Lipinski definition) is 0. The minimum Gasteiger partial charge on any atom is -0.292 e. The fourth-order valence-electron chi connectivity index (χ4n) is 1.71. The van der Waals surface area contributed by atoms with Crippen LogP contribution in [0, 0.1) is 6.92 Å². The van der Waals surface area contributed by atoms with Gasteiger partial charge in [-0.05, 0) is 25.0 Å². The number of nitrogens with zero attached hydrogens (tertiary/aromatic N) is 2. The number of carbonyl (C=O) groups excluding carboxylic acids is 1. The molecule has 0 unspecified atom stereocenters. The highest BCUT2D eigenvalue weighted by atomic mass is 32.1. The van der Waals surface area contributed by atoms with Gasteiger partial charge in [-0.25, -0.2) is 4.98 Å². The first kappa shape index (κ1) is 11.9. The van der Waals surface area contributed by atoms with Crippen LogP contribution in [0.3, 0.4) is 0 Å². The van der Waals surface area contributed by atoms with Crippen molar-refractivity contribution < 1.29 is 4.79 Å². The Kier molecular flexibility index (Phi) is 3.64. The fourth-order valence-corrected chi connectivity index (χ4v) is 2.33. The molecule has 0 aliphatic heterocycles. The number of rotatable bonds is 4. The highest BCUT2D eigenvalue weighted by molar-refractivity contribution is 7.09. The molecule has 0 atom stereocenters. The predicted molar refractivity (Wildman–Crippen MR) is 68.5 cm³/mol. The van der Waals surface area contributed by atoms with E-state index in [0.29, 0.717) is 12.1 Å². The first-order chi connectivity index (χ1) is 8.20. The molecule has 2 aromatic heterocycles. The summed E-state index contributed by atoms with van der Waals surface area (Å²) < 4.78 is 0. The van der Waals surface area contributed by atoms with Crippen molar-refractivity contribution in [2.45, 2.75) is 26.7 Å². The number of hydrogen-bond acceptors (Lipinski definition) is 4. The summed E-state index contributed by atoms with van der Waals surface area (Å²) in [6, 6.07) is 3.81. The van der Waals surface area contributed by atoms with Crippen LogP contribution in [0.2, 0.25) is 0 Å². The standard InChI is InChI=1S/C13H14N2OS/c1-3-10-5-4-6-14-13(10)12(16)7-11-8-17-9(2)15-11/h4-6,8H,3,7H2,1-2H3. The van der Waals surface area contributed by atoms with Crippen LogP contribution in [-0.4, -0.2) is 15.8 Å². The van der Waals surface area contributed by atoms with Crippen molar-refractivity contribution >= 4 is 17.1 Å². The zero-order valence-corrected chi connectivity index (χ0v) is 10.8. The van der Waals surface area contributed by atoms with Gasteiger partial charge in [0.25, 0.3) is 0 Å². The van der Waals surface area contributed by atoms with Gasteiger partial charge in [0, 0.05) is 11.6 Å². The van der Waals surface area contributed by atoms with E-state index in [1.54, 1.807) is 17.5 Å². The Bertz CT molecular complexity index is 534. The Balaban J connectivity index is 2.20. The molecule has 0 amide bonds. The molecule has 4 heteroatoms. The number of carbonyl (C=O) groups is 1. The number of thiazole rings is 1. The lowest BCUT2D eigenvalue weighted by Crippen LogP contribution is -2.09. The van der Waals surface area contributed by atoms with E-state index in [2.05, 4.69) is 9.97 Å². The molecular formula is C13H14N2OS. The zero-order valence-electron chi connectivity index (χ0n) is 9.93. The average molecular weight is 246 g/mol. The summed E-state index contributed by atoms with van der Waals surface area (Å²) in [6.45, 7) is 3.97. The minimum absolute atomic E-state index is 0.0488. The normalized spacial score (nSPS) is 10.5. The number of aryl methyl sites for hydroxylation is 2. The van der Waals surface area contributed by atoms with Gasteiger partial charge >= 0.3 is 0 Å². The van der Waals surface area contributed by atoms with Gasteiger partial charge < -0.3 is 0 Å². The molecule has 0 fully saturated rings. The van der Waals surface area contributed by atoms with E-state index in [-0.39, 0.29) is 5.78 Å². The lowest BCUT2D eigenvalue weighted by molar-refractivity contribution is 0.0986. The predicted octanol–water partition coefficient (Wildman–Crippen LogP) is 2.83. The third-order valence-electron chi connectivity index (χ3n) is 2.54. The van der Waals surface area contributed by atoms with Gasteiger partial charge in [-0.2, -0.15) is 0 Å². The van der Waals surface area contributed by atoms with Gasteiger partial charge in [0.15, 0.2) is 5.78 Å². The maximum atomic E-state index is 12.1. The maximum absolute atomic E-state index is 12.1. The first-order valence-electron chi connectivity index (χ1n) is 5.58. The summed E-state index contributed by atoms with van der Waals surface area (Å²) >= 11 is 1.57. The number of pyridine rings is 1. The SMILES string of the molecule is CCc1cccnc1C(=O)Cc1csc(C)n1. The van der Waals surface area contributed by atoms with Crippen LogP contribution in [-0.2, 0) is 12.8 Å². The molecular weight excluding hydrogens is 232 g/mol. The molecule has 0 radical (unpaired) electrons. The second-order valence-corrected chi connectivity index (χ2v) is 4.88. The van der Waals surface area contributed by atoms with Crippen LogP contribution in [0.1, 0.15) is 33.7 Å². The molecule has 0 bridgehead atoms. The van der Waals surface area contributed by atoms with Crippen molar-refractivity contribution in [3.63, 3.8) is 0 Å². The highest BCUT2D eigenvalue weighted by Crippen LogP contribution is 2.13. The largest absolute Gasteiger partial charge is 0.292 e. The third kappa shape index (κ3) is 2.77. The van der Waals surface area contributed by atoms with Crippen LogP contribution in [0.25, 0.3) is 0 Å². The topological polar surface area (TPSA) is 42.9 Å². The lowest BCUT2D eigenvalue weighted by Gasteiger charge is -2.03. The molecule has 0 saturated heterocycles. The quantitative estimate of drug-likeness (QED) is 0.779. The Hall–Kier alpha value is -1.55. The molecule has 0 aliphatic rings. The molecule has 0 saturated carbocycles. The van der Waals surface area contributed by atoms with E-state index in [9.17, 15) is 4.79 Å². The second-order valence-electron chi connectivity index (χ2n) is 3.82. The second kappa shape index (κ2) is 5.19. The molecule has 2 rings (SSSR count). The summed E-state index contributed by atoms with van der Waals surface area (Å²) in [6.07, 6.45) is 2.83. The molecule has 88 valence electrons. The summed E-state index contributed by atoms with van der Waals surface area (Å²) in [5.74, 6) is 0.0488. The fraction of sp³-hybridized carbons (Fsp3) is 0.308. The monoisotopic (exact) mass is 246 g/mol. The Morgan fingerprint density at radius 3 is 2.94 bits per heavy atom. The van der Waals surface area contributed by atoms with Crippen LogP contribution >= 0.6 is 11.3 Å². The molecule has 0 spiro atoms. The van der Waals surface area contributed by atoms with Crippen molar-refractivity contribution in [2.24, 2.45) is 0 Å². The molecule has 3 nitrogen and oxygen atoms in total. The molecule has 2 heterocycles. The van der Waals surface area contributed by atoms with Crippen molar-refractivity contribution in [2.75, 3.05) is 0 Å². The number of ketones is 1. The third-order valence-corrected chi connectivity index (χ3v) is 3.37. The average Bonchev–Trinajstić information content (AvgIpc) is 2.74. The van der Waals surface area contributed by atoms with E-state index in [0.717, 1.165) is 22.7 Å². The van der Waals surface area contributed by atoms with Crippen LogP contribution in [0.15, 0.2) is 23.7 Å². The van der Waals surface area contributed by atoms with E-state index in [4.69, 9.17) is 0 Å². The van der Waals surface area contributed by atoms with Crippen LogP contribution < -0.4 is 0 Å². The maximum Gasteiger partial charge on any atom is 0.187 e. The summed E-state index contributed by atoms with van der Waals surface area (Å²) in [5.41, 5.74) is 2.43. The number of aromatic nitrogens is 2. The van der Waals surface area contributed by atoms with Gasteiger partial charge in [0.05, 0.1) is 17.1 Å². The molecule has 0 aliphatic carbocycles. The first-order valence-corrected chi connectivity index (χ1v) is 6.46. The van der Waals surface area contributed by atoms with Crippen LogP contribution in [0.4, 0.5) is 0 Å². The summed E-state index contributed by atoms with van der Waals surface area (Å²) in [4.78, 5) is 20.6. The zero-order chi connectivity index (χ0) is 12.3. The molecule has 2 aromatic rings. The van der Waals surface area contributed by atoms with Crippen molar-refractivity contribution in [3.05, 3.63) is 45.7 Å². The van der Waals surface area contributed by atoms with Gasteiger partial charge in [-0.15, -0.1) is 11.3 Å². The Labute approximate surface area is 105 Å². The van der Waals surface area contributed by atoms with E-state index in [1.807, 2.05) is 31.4 Å². The highest BCUT2D eigenvalue weighted by Gasteiger charge is 2.13. The van der Waals surface area contributed by atoms with E-state index in [1.165, 1.54) is 0 Å². The number of Topliss-reactive ketones (excluding diaryl/α,β-unsaturated/α-hetero) is 1. The van der Waals surface area contributed by atoms with Crippen LogP contribution in [0.5, 0.6) is 0 Å². The van der Waals surface area contributed by atoms with Gasteiger partial charge in [-0.1, -0.05) is 13.0 Å². The smallest absolute Gasteiger partial charge is 0.187 e.